The Hall–Kier alpha value is -3.47. The van der Waals surface area contributed by atoms with Gasteiger partial charge >= 0.3 is 0 Å². The fourth-order valence-corrected chi connectivity index (χ4v) is 1.73. The lowest BCUT2D eigenvalue weighted by Crippen LogP contribution is -2.00. The number of rotatable bonds is 4. The Labute approximate surface area is 118 Å². The molecule has 0 heterocycles. The largest absolute Gasteiger partial charge is 0.349 e. The third-order valence-corrected chi connectivity index (χ3v) is 2.71. The van der Waals surface area contributed by atoms with Gasteiger partial charge in [-0.15, -0.1) is 0 Å². The van der Waals surface area contributed by atoms with Crippen LogP contribution in [0, 0.1) is 31.6 Å². The van der Waals surface area contributed by atoms with Crippen molar-refractivity contribution in [3.63, 3.8) is 0 Å². The van der Waals surface area contributed by atoms with Crippen LogP contribution in [0.25, 0.3) is 0 Å². The monoisotopic (exact) mass is 284 g/mol. The van der Waals surface area contributed by atoms with Crippen molar-refractivity contribution in [1.29, 1.82) is 5.26 Å². The van der Waals surface area contributed by atoms with Crippen LogP contribution in [0.1, 0.15) is 5.56 Å². The van der Waals surface area contributed by atoms with Gasteiger partial charge in [0.25, 0.3) is 11.4 Å². The van der Waals surface area contributed by atoms with Gasteiger partial charge in [-0.3, -0.25) is 20.2 Å². The molecule has 2 aromatic rings. The Balaban J connectivity index is 2.47. The van der Waals surface area contributed by atoms with Gasteiger partial charge in [-0.1, -0.05) is 12.1 Å². The second kappa shape index (κ2) is 5.66. The first-order chi connectivity index (χ1) is 10.0. The third-order valence-electron chi connectivity index (χ3n) is 2.71. The van der Waals surface area contributed by atoms with E-state index in [1.165, 1.54) is 6.07 Å². The molecular weight excluding hydrogens is 276 g/mol. The Morgan fingerprint density at radius 2 is 1.71 bits per heavy atom. The van der Waals surface area contributed by atoms with Crippen LogP contribution >= 0.6 is 0 Å². The summed E-state index contributed by atoms with van der Waals surface area (Å²) in [6.07, 6.45) is 0. The maximum Gasteiger partial charge on any atom is 0.299 e. The third kappa shape index (κ3) is 2.93. The standard InChI is InChI=1S/C13H8N4O4/c14-8-9-3-1-2-4-11(9)15-12-6-5-10(16(18)19)7-13(12)17(20)21/h1-7,15H. The molecule has 0 unspecified atom stereocenters. The van der Waals surface area contributed by atoms with Crippen molar-refractivity contribution in [2.24, 2.45) is 0 Å². The van der Waals surface area contributed by atoms with Crippen molar-refractivity contribution in [2.75, 3.05) is 5.32 Å². The Bertz CT molecular complexity index is 767. The lowest BCUT2D eigenvalue weighted by molar-refractivity contribution is -0.393. The number of hydrogen-bond acceptors (Lipinski definition) is 6. The average molecular weight is 284 g/mol. The topological polar surface area (TPSA) is 122 Å². The van der Waals surface area contributed by atoms with Gasteiger partial charge in [0, 0.05) is 6.07 Å². The lowest BCUT2D eigenvalue weighted by atomic mass is 10.1. The molecule has 104 valence electrons. The Morgan fingerprint density at radius 1 is 1.00 bits per heavy atom. The van der Waals surface area contributed by atoms with E-state index in [0.29, 0.717) is 11.3 Å². The molecule has 0 spiro atoms. The zero-order valence-corrected chi connectivity index (χ0v) is 10.5. The molecule has 0 saturated heterocycles. The van der Waals surface area contributed by atoms with Crippen LogP contribution in [0.3, 0.4) is 0 Å². The second-order valence-corrected chi connectivity index (χ2v) is 4.00. The van der Waals surface area contributed by atoms with E-state index in [1.54, 1.807) is 24.3 Å². The van der Waals surface area contributed by atoms with Crippen LogP contribution in [0.2, 0.25) is 0 Å². The van der Waals surface area contributed by atoms with E-state index in [9.17, 15) is 20.2 Å². The van der Waals surface area contributed by atoms with E-state index in [1.807, 2.05) is 6.07 Å². The number of anilines is 2. The molecule has 0 radical (unpaired) electrons. The van der Waals surface area contributed by atoms with Gasteiger partial charge in [-0.25, -0.2) is 0 Å². The number of non-ortho nitro benzene ring substituents is 1. The minimum Gasteiger partial charge on any atom is -0.349 e. The first-order valence-electron chi connectivity index (χ1n) is 5.72. The van der Waals surface area contributed by atoms with E-state index in [0.717, 1.165) is 12.1 Å². The molecule has 0 amide bonds. The number of nitro benzene ring substituents is 2. The molecule has 2 aromatic carbocycles. The van der Waals surface area contributed by atoms with Crippen LogP contribution < -0.4 is 5.32 Å². The Kier molecular flexibility index (Phi) is 3.76. The minimum absolute atomic E-state index is 0.0771. The molecular formula is C13H8N4O4. The van der Waals surface area contributed by atoms with Crippen molar-refractivity contribution in [2.45, 2.75) is 0 Å². The fraction of sp³-hybridized carbons (Fsp3) is 0. The highest BCUT2D eigenvalue weighted by Gasteiger charge is 2.20. The number of para-hydroxylation sites is 1. The highest BCUT2D eigenvalue weighted by Crippen LogP contribution is 2.32. The smallest absolute Gasteiger partial charge is 0.299 e. The molecule has 0 aliphatic heterocycles. The molecule has 1 N–H and O–H groups in total. The summed E-state index contributed by atoms with van der Waals surface area (Å²) in [6.45, 7) is 0. The van der Waals surface area contributed by atoms with Crippen molar-refractivity contribution in [3.8, 4) is 6.07 Å². The lowest BCUT2D eigenvalue weighted by Gasteiger charge is -2.08. The molecule has 0 aliphatic carbocycles. The van der Waals surface area contributed by atoms with Crippen LogP contribution in [0.5, 0.6) is 0 Å². The van der Waals surface area contributed by atoms with Crippen LogP contribution in [-0.2, 0) is 0 Å². The van der Waals surface area contributed by atoms with E-state index in [-0.39, 0.29) is 11.4 Å². The van der Waals surface area contributed by atoms with Gasteiger partial charge in [-0.05, 0) is 18.2 Å². The number of nitriles is 1. The van der Waals surface area contributed by atoms with Crippen molar-refractivity contribution < 1.29 is 9.85 Å². The predicted octanol–water partition coefficient (Wildman–Crippen LogP) is 3.12. The van der Waals surface area contributed by atoms with Gasteiger partial charge in [0.2, 0.25) is 0 Å². The zero-order valence-electron chi connectivity index (χ0n) is 10.5. The number of nitrogens with zero attached hydrogens (tertiary/aromatic N) is 3. The van der Waals surface area contributed by atoms with Crippen LogP contribution in [0.15, 0.2) is 42.5 Å². The number of hydrogen-bond donors (Lipinski definition) is 1. The average Bonchev–Trinajstić information content (AvgIpc) is 2.47. The van der Waals surface area contributed by atoms with Crippen molar-refractivity contribution in [1.82, 2.24) is 0 Å². The molecule has 2 rings (SSSR count). The second-order valence-electron chi connectivity index (χ2n) is 4.00. The van der Waals surface area contributed by atoms with Gasteiger partial charge in [-0.2, -0.15) is 5.26 Å². The highest BCUT2D eigenvalue weighted by molar-refractivity contribution is 5.74. The first kappa shape index (κ1) is 14.0. The van der Waals surface area contributed by atoms with Crippen molar-refractivity contribution in [3.05, 3.63) is 68.3 Å². The summed E-state index contributed by atoms with van der Waals surface area (Å²) < 4.78 is 0. The summed E-state index contributed by atoms with van der Waals surface area (Å²) in [5.74, 6) is 0. The van der Waals surface area contributed by atoms with Crippen LogP contribution in [0.4, 0.5) is 22.7 Å². The molecule has 0 atom stereocenters. The summed E-state index contributed by atoms with van der Waals surface area (Å²) in [5.41, 5.74) is -0.0341. The highest BCUT2D eigenvalue weighted by atomic mass is 16.6. The summed E-state index contributed by atoms with van der Waals surface area (Å²) in [5, 5.41) is 33.4. The predicted molar refractivity (Wildman–Crippen MR) is 74.2 cm³/mol. The SMILES string of the molecule is N#Cc1ccccc1Nc1ccc([N+](=O)[O-])cc1[N+](=O)[O-]. The quantitative estimate of drug-likeness (QED) is 0.679. The summed E-state index contributed by atoms with van der Waals surface area (Å²) in [7, 11) is 0. The van der Waals surface area contributed by atoms with Crippen molar-refractivity contribution >= 4 is 22.7 Å². The number of benzene rings is 2. The molecule has 0 saturated carbocycles. The normalized spacial score (nSPS) is 9.67. The summed E-state index contributed by atoms with van der Waals surface area (Å²) in [6, 6.07) is 11.7. The minimum atomic E-state index is -0.718. The zero-order chi connectivity index (χ0) is 15.4. The maximum absolute atomic E-state index is 11.0. The Morgan fingerprint density at radius 3 is 2.33 bits per heavy atom. The van der Waals surface area contributed by atoms with E-state index in [4.69, 9.17) is 5.26 Å². The fourth-order valence-electron chi connectivity index (χ4n) is 1.73. The molecule has 21 heavy (non-hydrogen) atoms. The first-order valence-corrected chi connectivity index (χ1v) is 5.72. The number of nitrogens with one attached hydrogen (secondary N) is 1. The molecule has 0 aromatic heterocycles. The van der Waals surface area contributed by atoms with Crippen LogP contribution in [-0.4, -0.2) is 9.85 Å². The molecule has 0 fully saturated rings. The van der Waals surface area contributed by atoms with E-state index >= 15 is 0 Å². The molecule has 0 aliphatic rings. The van der Waals surface area contributed by atoms with Gasteiger partial charge in [0.1, 0.15) is 11.8 Å². The van der Waals surface area contributed by atoms with Gasteiger partial charge in [0.05, 0.1) is 27.2 Å². The molecule has 8 heteroatoms. The summed E-state index contributed by atoms with van der Waals surface area (Å²) >= 11 is 0. The van der Waals surface area contributed by atoms with Gasteiger partial charge in [0.15, 0.2) is 0 Å². The summed E-state index contributed by atoms with van der Waals surface area (Å²) in [4.78, 5) is 20.3. The van der Waals surface area contributed by atoms with E-state index in [2.05, 4.69) is 5.32 Å². The van der Waals surface area contributed by atoms with Gasteiger partial charge < -0.3 is 5.32 Å². The molecule has 8 nitrogen and oxygen atoms in total. The van der Waals surface area contributed by atoms with E-state index < -0.39 is 15.5 Å². The number of nitro groups is 2. The molecule has 0 bridgehead atoms. The maximum atomic E-state index is 11.0.